The smallest absolute Gasteiger partial charge is 0.264 e. The number of nitrogens with one attached hydrogen (secondary N) is 1. The van der Waals surface area contributed by atoms with Crippen LogP contribution in [0.25, 0.3) is 0 Å². The largest absolute Gasteiger partial charge is 0.494 e. The molecule has 1 N–H and O–H groups in total. The third-order valence-corrected chi connectivity index (χ3v) is 10.3. The van der Waals surface area contributed by atoms with Crippen molar-refractivity contribution in [3.8, 4) is 17.2 Å². The molecule has 2 amide bonds. The first-order valence-corrected chi connectivity index (χ1v) is 17.7. The van der Waals surface area contributed by atoms with Gasteiger partial charge in [-0.2, -0.15) is 0 Å². The van der Waals surface area contributed by atoms with E-state index in [1.54, 1.807) is 48.5 Å². The Bertz CT molecular complexity index is 1590. The Hall–Kier alpha value is -3.96. The zero-order chi connectivity index (χ0) is 34.0. The molecular formula is C35H44ClN3O7S. The summed E-state index contributed by atoms with van der Waals surface area (Å²) in [5.74, 6) is 0.349. The predicted octanol–water partition coefficient (Wildman–Crippen LogP) is 6.21. The van der Waals surface area contributed by atoms with Crippen molar-refractivity contribution in [1.82, 2.24) is 10.2 Å². The van der Waals surface area contributed by atoms with Crippen LogP contribution in [0.15, 0.2) is 71.6 Å². The minimum Gasteiger partial charge on any atom is -0.494 e. The lowest BCUT2D eigenvalue weighted by Gasteiger charge is -2.34. The molecule has 1 aliphatic carbocycles. The summed E-state index contributed by atoms with van der Waals surface area (Å²) < 4.78 is 46.0. The summed E-state index contributed by atoms with van der Waals surface area (Å²) in [6, 6.07) is 17.0. The van der Waals surface area contributed by atoms with Crippen molar-refractivity contribution in [3.63, 3.8) is 0 Å². The van der Waals surface area contributed by atoms with Crippen molar-refractivity contribution in [1.29, 1.82) is 0 Å². The quantitative estimate of drug-likeness (QED) is 0.202. The number of ether oxygens (including phenoxy) is 3. The van der Waals surface area contributed by atoms with Gasteiger partial charge in [0.15, 0.2) is 11.5 Å². The lowest BCUT2D eigenvalue weighted by atomic mass is 9.95. The van der Waals surface area contributed by atoms with Crippen LogP contribution in [0.3, 0.4) is 0 Å². The van der Waals surface area contributed by atoms with Crippen molar-refractivity contribution in [2.24, 2.45) is 0 Å². The zero-order valence-electron chi connectivity index (χ0n) is 27.4. The Kier molecular flexibility index (Phi) is 12.8. The van der Waals surface area contributed by atoms with E-state index in [4.69, 9.17) is 25.8 Å². The molecule has 4 rings (SSSR count). The van der Waals surface area contributed by atoms with E-state index < -0.39 is 28.5 Å². The Morgan fingerprint density at radius 2 is 1.57 bits per heavy atom. The molecule has 1 atom stereocenters. The molecule has 47 heavy (non-hydrogen) atoms. The van der Waals surface area contributed by atoms with Crippen LogP contribution in [0.1, 0.15) is 57.9 Å². The summed E-state index contributed by atoms with van der Waals surface area (Å²) in [7, 11) is -1.45. The molecule has 1 unspecified atom stereocenters. The molecule has 0 aromatic heterocycles. The van der Waals surface area contributed by atoms with Gasteiger partial charge in [-0.3, -0.25) is 13.9 Å². The van der Waals surface area contributed by atoms with Crippen LogP contribution in [0.4, 0.5) is 5.69 Å². The van der Waals surface area contributed by atoms with Gasteiger partial charge in [-0.05, 0) is 80.3 Å². The average molecular weight is 686 g/mol. The highest BCUT2D eigenvalue weighted by atomic mass is 35.5. The van der Waals surface area contributed by atoms with Crippen molar-refractivity contribution in [2.75, 3.05) is 31.7 Å². The van der Waals surface area contributed by atoms with Gasteiger partial charge in [0, 0.05) is 23.7 Å². The second kappa shape index (κ2) is 16.7. The fourth-order valence-corrected chi connectivity index (χ4v) is 7.31. The SMILES string of the molecule is CCOc1ccc(N(CC(=O)N(Cc2ccc(Cl)cc2)C(CC)C(=O)NC2CCCCC2)S(=O)(=O)c2ccc(OC)c(OC)c2)cc1. The molecule has 3 aromatic rings. The summed E-state index contributed by atoms with van der Waals surface area (Å²) in [6.45, 7) is 3.65. The lowest BCUT2D eigenvalue weighted by Crippen LogP contribution is -2.54. The molecule has 254 valence electrons. The fourth-order valence-electron chi connectivity index (χ4n) is 5.76. The van der Waals surface area contributed by atoms with Gasteiger partial charge in [-0.15, -0.1) is 0 Å². The van der Waals surface area contributed by atoms with Gasteiger partial charge in [-0.1, -0.05) is 49.9 Å². The van der Waals surface area contributed by atoms with Crippen LogP contribution in [-0.2, 0) is 26.2 Å². The first kappa shape index (κ1) is 35.9. The van der Waals surface area contributed by atoms with E-state index in [0.29, 0.717) is 29.5 Å². The maximum Gasteiger partial charge on any atom is 0.264 e. The number of hydrogen-bond donors (Lipinski definition) is 1. The number of anilines is 1. The predicted molar refractivity (Wildman–Crippen MR) is 183 cm³/mol. The zero-order valence-corrected chi connectivity index (χ0v) is 29.0. The molecule has 1 saturated carbocycles. The number of benzene rings is 3. The van der Waals surface area contributed by atoms with Crippen molar-refractivity contribution in [2.45, 2.75) is 75.9 Å². The first-order valence-electron chi connectivity index (χ1n) is 15.9. The van der Waals surface area contributed by atoms with Gasteiger partial charge in [-0.25, -0.2) is 8.42 Å². The van der Waals surface area contributed by atoms with E-state index in [-0.39, 0.29) is 34.8 Å². The maximum absolute atomic E-state index is 14.4. The number of rotatable bonds is 15. The Labute approximate surface area is 283 Å². The van der Waals surface area contributed by atoms with E-state index in [1.165, 1.54) is 37.3 Å². The highest BCUT2D eigenvalue weighted by molar-refractivity contribution is 7.92. The molecule has 1 fully saturated rings. The van der Waals surface area contributed by atoms with Gasteiger partial charge in [0.1, 0.15) is 18.3 Å². The third-order valence-electron chi connectivity index (χ3n) is 8.26. The summed E-state index contributed by atoms with van der Waals surface area (Å²) >= 11 is 6.13. The van der Waals surface area contributed by atoms with Gasteiger partial charge < -0.3 is 24.4 Å². The lowest BCUT2D eigenvalue weighted by molar-refractivity contribution is -0.140. The Morgan fingerprint density at radius 3 is 2.17 bits per heavy atom. The number of carbonyl (C=O) groups excluding carboxylic acids is 2. The number of carbonyl (C=O) groups is 2. The minimum absolute atomic E-state index is 0.0450. The van der Waals surface area contributed by atoms with E-state index in [1.807, 2.05) is 13.8 Å². The number of methoxy groups -OCH3 is 2. The molecule has 0 bridgehead atoms. The van der Waals surface area contributed by atoms with Crippen molar-refractivity contribution < 1.29 is 32.2 Å². The first-order chi connectivity index (χ1) is 22.6. The third kappa shape index (κ3) is 9.10. The fraction of sp³-hybridized carbons (Fsp3) is 0.429. The molecule has 0 saturated heterocycles. The van der Waals surface area contributed by atoms with E-state index in [2.05, 4.69) is 5.32 Å². The molecule has 3 aromatic carbocycles. The molecule has 12 heteroatoms. The molecule has 0 spiro atoms. The van der Waals surface area contributed by atoms with Crippen LogP contribution in [0.5, 0.6) is 17.2 Å². The van der Waals surface area contributed by atoms with Crippen LogP contribution in [0, 0.1) is 0 Å². The minimum atomic E-state index is -4.33. The van der Waals surface area contributed by atoms with Crippen molar-refractivity contribution in [3.05, 3.63) is 77.3 Å². The second-order valence-corrected chi connectivity index (χ2v) is 13.7. The van der Waals surface area contributed by atoms with E-state index in [0.717, 1.165) is 42.0 Å². The highest BCUT2D eigenvalue weighted by Gasteiger charge is 2.35. The summed E-state index contributed by atoms with van der Waals surface area (Å²) in [6.07, 6.45) is 5.34. The van der Waals surface area contributed by atoms with Gasteiger partial charge >= 0.3 is 0 Å². The topological polar surface area (TPSA) is 114 Å². The molecule has 1 aliphatic rings. The maximum atomic E-state index is 14.4. The van der Waals surface area contributed by atoms with Crippen LogP contribution < -0.4 is 23.8 Å². The van der Waals surface area contributed by atoms with Crippen LogP contribution in [0.2, 0.25) is 5.02 Å². The van der Waals surface area contributed by atoms with Gasteiger partial charge in [0.2, 0.25) is 11.8 Å². The number of sulfonamides is 1. The van der Waals surface area contributed by atoms with Crippen LogP contribution in [-0.4, -0.2) is 64.6 Å². The summed E-state index contributed by atoms with van der Waals surface area (Å²) in [5, 5.41) is 3.70. The molecule has 0 radical (unpaired) electrons. The molecular weight excluding hydrogens is 642 g/mol. The number of nitrogens with zero attached hydrogens (tertiary/aromatic N) is 2. The van der Waals surface area contributed by atoms with E-state index >= 15 is 0 Å². The number of hydrogen-bond acceptors (Lipinski definition) is 7. The molecule has 10 nitrogen and oxygen atoms in total. The van der Waals surface area contributed by atoms with Crippen molar-refractivity contribution >= 4 is 39.1 Å². The average Bonchev–Trinajstić information content (AvgIpc) is 3.08. The second-order valence-electron chi connectivity index (χ2n) is 11.4. The van der Waals surface area contributed by atoms with Gasteiger partial charge in [0.25, 0.3) is 10.0 Å². The highest BCUT2D eigenvalue weighted by Crippen LogP contribution is 2.33. The Balaban J connectivity index is 1.74. The van der Waals surface area contributed by atoms with Gasteiger partial charge in [0.05, 0.1) is 31.4 Å². The number of amides is 2. The Morgan fingerprint density at radius 1 is 0.915 bits per heavy atom. The summed E-state index contributed by atoms with van der Waals surface area (Å²) in [5.41, 5.74) is 1.00. The normalized spacial score (nSPS) is 14.1. The monoisotopic (exact) mass is 685 g/mol. The summed E-state index contributed by atoms with van der Waals surface area (Å²) in [4.78, 5) is 29.5. The van der Waals surface area contributed by atoms with Crippen LogP contribution >= 0.6 is 11.6 Å². The van der Waals surface area contributed by atoms with E-state index in [9.17, 15) is 18.0 Å². The standard InChI is InChI=1S/C35H44ClN3O7S/c1-5-31(35(41)37-27-10-8-7-9-11-27)38(23-25-12-14-26(36)15-13-25)34(40)24-39(28-16-18-29(19-17-28)46-6-2)47(42,43)30-20-21-32(44-3)33(22-30)45-4/h12-22,27,31H,5-11,23-24H2,1-4H3,(H,37,41). The molecule has 0 heterocycles. The number of halogens is 1. The molecule has 0 aliphatic heterocycles.